The van der Waals surface area contributed by atoms with E-state index in [1.165, 1.54) is 5.56 Å². The van der Waals surface area contributed by atoms with Crippen LogP contribution < -0.4 is 5.32 Å². The maximum atomic E-state index is 11.8. The topological polar surface area (TPSA) is 32.3 Å². The summed E-state index contributed by atoms with van der Waals surface area (Å²) < 4.78 is 1.07. The minimum absolute atomic E-state index is 0.0290. The zero-order chi connectivity index (χ0) is 12.4. The van der Waals surface area contributed by atoms with Crippen molar-refractivity contribution >= 4 is 21.8 Å². The first kappa shape index (κ1) is 12.6. The number of nitrogens with zero attached hydrogens (tertiary/aromatic N) is 1. The Morgan fingerprint density at radius 2 is 2.06 bits per heavy atom. The molecule has 1 aliphatic heterocycles. The zero-order valence-corrected chi connectivity index (χ0v) is 11.7. The summed E-state index contributed by atoms with van der Waals surface area (Å²) in [5, 5.41) is 3.39. The average Bonchev–Trinajstić information content (AvgIpc) is 2.62. The minimum atomic E-state index is -0.0290. The van der Waals surface area contributed by atoms with Crippen LogP contribution in [-0.2, 0) is 4.79 Å². The van der Waals surface area contributed by atoms with E-state index >= 15 is 0 Å². The van der Waals surface area contributed by atoms with Crippen LogP contribution in [0.4, 0.5) is 0 Å². The summed E-state index contributed by atoms with van der Waals surface area (Å²) in [6.45, 7) is 2.94. The standard InChI is InChI=1S/C13H17BrN2O/c1-9(10-3-5-11(14)6-4-10)15-12-7-8-16(2)13(12)17/h3-6,9,12,15H,7-8H2,1-2H3/t9-,12?/m1/s1. The number of amides is 1. The summed E-state index contributed by atoms with van der Waals surface area (Å²) in [6.07, 6.45) is 0.899. The Morgan fingerprint density at radius 3 is 2.59 bits per heavy atom. The summed E-state index contributed by atoms with van der Waals surface area (Å²) >= 11 is 3.42. The predicted molar refractivity (Wildman–Crippen MR) is 71.7 cm³/mol. The minimum Gasteiger partial charge on any atom is -0.344 e. The molecule has 3 nitrogen and oxygen atoms in total. The first-order valence-corrected chi connectivity index (χ1v) is 6.63. The van der Waals surface area contributed by atoms with Crippen molar-refractivity contribution in [1.29, 1.82) is 0 Å². The average molecular weight is 297 g/mol. The number of carbonyl (C=O) groups is 1. The molecule has 1 unspecified atom stereocenters. The first-order valence-electron chi connectivity index (χ1n) is 5.84. The summed E-state index contributed by atoms with van der Waals surface area (Å²) in [7, 11) is 1.86. The molecule has 0 saturated carbocycles. The highest BCUT2D eigenvalue weighted by molar-refractivity contribution is 9.10. The molecule has 0 aromatic heterocycles. The van der Waals surface area contributed by atoms with Crippen molar-refractivity contribution in [3.63, 3.8) is 0 Å². The Morgan fingerprint density at radius 1 is 1.41 bits per heavy atom. The van der Waals surface area contributed by atoms with Gasteiger partial charge in [0.15, 0.2) is 0 Å². The Labute approximate surface area is 110 Å². The number of rotatable bonds is 3. The number of likely N-dealkylation sites (tertiary alicyclic amines) is 1. The van der Waals surface area contributed by atoms with E-state index in [1.54, 1.807) is 4.90 Å². The molecule has 1 aromatic rings. The molecule has 2 atom stereocenters. The van der Waals surface area contributed by atoms with Gasteiger partial charge in [-0.1, -0.05) is 28.1 Å². The highest BCUT2D eigenvalue weighted by Gasteiger charge is 2.29. The maximum Gasteiger partial charge on any atom is 0.239 e. The molecule has 0 bridgehead atoms. The Kier molecular flexibility index (Phi) is 3.84. The van der Waals surface area contributed by atoms with Crippen LogP contribution in [0.2, 0.25) is 0 Å². The number of likely N-dealkylation sites (N-methyl/N-ethyl adjacent to an activating group) is 1. The summed E-state index contributed by atoms with van der Waals surface area (Å²) in [6, 6.07) is 8.37. The molecule has 2 rings (SSSR count). The van der Waals surface area contributed by atoms with Gasteiger partial charge in [-0.3, -0.25) is 10.1 Å². The highest BCUT2D eigenvalue weighted by Crippen LogP contribution is 2.19. The van der Waals surface area contributed by atoms with Crippen LogP contribution in [0.1, 0.15) is 24.9 Å². The van der Waals surface area contributed by atoms with Crippen LogP contribution in [0, 0.1) is 0 Å². The fourth-order valence-corrected chi connectivity index (χ4v) is 2.39. The Hall–Kier alpha value is -0.870. The lowest BCUT2D eigenvalue weighted by molar-refractivity contribution is -0.128. The molecule has 4 heteroatoms. The molecule has 17 heavy (non-hydrogen) atoms. The van der Waals surface area contributed by atoms with E-state index in [0.29, 0.717) is 0 Å². The summed E-state index contributed by atoms with van der Waals surface area (Å²) in [5.41, 5.74) is 1.20. The van der Waals surface area contributed by atoms with Gasteiger partial charge in [-0.05, 0) is 31.0 Å². The monoisotopic (exact) mass is 296 g/mol. The normalized spacial score (nSPS) is 21.9. The quantitative estimate of drug-likeness (QED) is 0.928. The van der Waals surface area contributed by atoms with Crippen molar-refractivity contribution in [2.45, 2.75) is 25.4 Å². The SMILES string of the molecule is C[C@@H](NC1CCN(C)C1=O)c1ccc(Br)cc1. The number of nitrogens with one attached hydrogen (secondary N) is 1. The molecule has 1 aliphatic rings. The van der Waals surface area contributed by atoms with Gasteiger partial charge in [0.25, 0.3) is 0 Å². The lowest BCUT2D eigenvalue weighted by Gasteiger charge is -2.19. The van der Waals surface area contributed by atoms with Crippen molar-refractivity contribution in [2.75, 3.05) is 13.6 Å². The molecule has 1 amide bonds. The molecule has 1 N–H and O–H groups in total. The van der Waals surface area contributed by atoms with Crippen molar-refractivity contribution in [2.24, 2.45) is 0 Å². The lowest BCUT2D eigenvalue weighted by atomic mass is 10.1. The van der Waals surface area contributed by atoms with Gasteiger partial charge in [0.1, 0.15) is 0 Å². The zero-order valence-electron chi connectivity index (χ0n) is 10.1. The van der Waals surface area contributed by atoms with Crippen molar-refractivity contribution < 1.29 is 4.79 Å². The van der Waals surface area contributed by atoms with E-state index in [1.807, 2.05) is 19.2 Å². The second kappa shape index (κ2) is 5.19. The largest absolute Gasteiger partial charge is 0.344 e. The van der Waals surface area contributed by atoms with Gasteiger partial charge in [0, 0.05) is 24.1 Å². The second-order valence-corrected chi connectivity index (χ2v) is 5.46. The van der Waals surface area contributed by atoms with Crippen LogP contribution in [0.25, 0.3) is 0 Å². The fourth-order valence-electron chi connectivity index (χ4n) is 2.13. The van der Waals surface area contributed by atoms with Gasteiger partial charge >= 0.3 is 0 Å². The maximum absolute atomic E-state index is 11.8. The van der Waals surface area contributed by atoms with E-state index in [4.69, 9.17) is 0 Å². The summed E-state index contributed by atoms with van der Waals surface area (Å²) in [4.78, 5) is 13.6. The van der Waals surface area contributed by atoms with E-state index < -0.39 is 0 Å². The van der Waals surface area contributed by atoms with Gasteiger partial charge in [-0.25, -0.2) is 0 Å². The molecular weight excluding hydrogens is 280 g/mol. The number of halogens is 1. The van der Waals surface area contributed by atoms with E-state index in [0.717, 1.165) is 17.4 Å². The predicted octanol–water partition coefficient (Wildman–Crippen LogP) is 2.33. The van der Waals surface area contributed by atoms with E-state index in [9.17, 15) is 4.79 Å². The van der Waals surface area contributed by atoms with Crippen molar-refractivity contribution in [3.05, 3.63) is 34.3 Å². The smallest absolute Gasteiger partial charge is 0.239 e. The Bertz CT molecular complexity index is 404. The third kappa shape index (κ3) is 2.87. The highest BCUT2D eigenvalue weighted by atomic mass is 79.9. The molecule has 92 valence electrons. The number of benzene rings is 1. The fraction of sp³-hybridized carbons (Fsp3) is 0.462. The molecular formula is C13H17BrN2O. The van der Waals surface area contributed by atoms with Crippen molar-refractivity contribution in [1.82, 2.24) is 10.2 Å². The number of carbonyl (C=O) groups excluding carboxylic acids is 1. The molecule has 1 heterocycles. The van der Waals surface area contributed by atoms with Gasteiger partial charge in [-0.2, -0.15) is 0 Å². The second-order valence-electron chi connectivity index (χ2n) is 4.54. The molecule has 1 aromatic carbocycles. The lowest BCUT2D eigenvalue weighted by Crippen LogP contribution is -2.38. The van der Waals surface area contributed by atoms with Crippen LogP contribution in [0.15, 0.2) is 28.7 Å². The van der Waals surface area contributed by atoms with E-state index in [2.05, 4.69) is 40.3 Å². The van der Waals surface area contributed by atoms with Crippen LogP contribution in [-0.4, -0.2) is 30.4 Å². The van der Waals surface area contributed by atoms with E-state index in [-0.39, 0.29) is 18.0 Å². The molecule has 0 spiro atoms. The summed E-state index contributed by atoms with van der Waals surface area (Å²) in [5.74, 6) is 0.203. The van der Waals surface area contributed by atoms with Gasteiger partial charge in [-0.15, -0.1) is 0 Å². The molecule has 0 aliphatic carbocycles. The van der Waals surface area contributed by atoms with Crippen LogP contribution >= 0.6 is 15.9 Å². The third-order valence-electron chi connectivity index (χ3n) is 3.25. The Balaban J connectivity index is 1.99. The number of hydrogen-bond acceptors (Lipinski definition) is 2. The first-order chi connectivity index (χ1) is 8.08. The molecule has 1 saturated heterocycles. The van der Waals surface area contributed by atoms with Gasteiger partial charge < -0.3 is 4.90 Å². The van der Waals surface area contributed by atoms with Crippen LogP contribution in [0.3, 0.4) is 0 Å². The van der Waals surface area contributed by atoms with Crippen LogP contribution in [0.5, 0.6) is 0 Å². The van der Waals surface area contributed by atoms with Gasteiger partial charge in [0.2, 0.25) is 5.91 Å². The number of hydrogen-bond donors (Lipinski definition) is 1. The van der Waals surface area contributed by atoms with Gasteiger partial charge in [0.05, 0.1) is 6.04 Å². The molecule has 0 radical (unpaired) electrons. The third-order valence-corrected chi connectivity index (χ3v) is 3.78. The molecule has 1 fully saturated rings. The van der Waals surface area contributed by atoms with Crippen molar-refractivity contribution in [3.8, 4) is 0 Å².